The maximum Gasteiger partial charge on any atom is 0.337 e. The molecule has 0 saturated carbocycles. The van der Waals surface area contributed by atoms with E-state index in [2.05, 4.69) is 13.2 Å². The fraction of sp³-hybridized carbons (Fsp3) is 0.300. The van der Waals surface area contributed by atoms with Gasteiger partial charge in [-0.1, -0.05) is 12.2 Å². The Morgan fingerprint density at radius 2 is 2.23 bits per heavy atom. The van der Waals surface area contributed by atoms with Gasteiger partial charge in [0.1, 0.15) is 0 Å². The van der Waals surface area contributed by atoms with Crippen LogP contribution in [0.15, 0.2) is 37.0 Å². The molecule has 0 aromatic rings. The topological polar surface area (TPSA) is 46.5 Å². The summed E-state index contributed by atoms with van der Waals surface area (Å²) in [5, 5.41) is 9.63. The van der Waals surface area contributed by atoms with Crippen LogP contribution in [0.3, 0.4) is 0 Å². The van der Waals surface area contributed by atoms with Gasteiger partial charge in [-0.2, -0.15) is 0 Å². The molecule has 0 saturated heterocycles. The first-order valence-electron chi connectivity index (χ1n) is 4.00. The molecule has 1 atom stereocenters. The van der Waals surface area contributed by atoms with Crippen LogP contribution in [-0.4, -0.2) is 16.9 Å². The summed E-state index contributed by atoms with van der Waals surface area (Å²) in [4.78, 5) is 11.1. The lowest BCUT2D eigenvalue weighted by atomic mass is 10.1. The summed E-state index contributed by atoms with van der Waals surface area (Å²) in [6.45, 7) is 6.97. The van der Waals surface area contributed by atoms with Crippen LogP contribution < -0.4 is 0 Å². The number of carbonyl (C=O) groups excluding carboxylic acids is 1. The van der Waals surface area contributed by atoms with E-state index in [0.29, 0.717) is 12.0 Å². The average Bonchev–Trinajstić information content (AvgIpc) is 2.28. The van der Waals surface area contributed by atoms with E-state index >= 15 is 0 Å². The van der Waals surface area contributed by atoms with Crippen LogP contribution in [-0.2, 0) is 9.53 Å². The summed E-state index contributed by atoms with van der Waals surface area (Å²) in [5.41, 5.74) is 0.444. The van der Waals surface area contributed by atoms with E-state index in [1.807, 2.05) is 0 Å². The highest BCUT2D eigenvalue weighted by Gasteiger charge is 2.36. The van der Waals surface area contributed by atoms with Crippen LogP contribution in [0.1, 0.15) is 12.8 Å². The summed E-state index contributed by atoms with van der Waals surface area (Å²) >= 11 is 0. The zero-order chi connectivity index (χ0) is 9.90. The highest BCUT2D eigenvalue weighted by Crippen LogP contribution is 2.27. The van der Waals surface area contributed by atoms with Crippen LogP contribution >= 0.6 is 0 Å². The molecule has 0 aromatic heterocycles. The largest absolute Gasteiger partial charge is 0.426 e. The van der Waals surface area contributed by atoms with Crippen LogP contribution in [0.5, 0.6) is 0 Å². The highest BCUT2D eigenvalue weighted by molar-refractivity contribution is 5.91. The number of esters is 1. The molecule has 13 heavy (non-hydrogen) atoms. The average molecular weight is 180 g/mol. The van der Waals surface area contributed by atoms with Crippen molar-refractivity contribution in [2.75, 3.05) is 0 Å². The minimum Gasteiger partial charge on any atom is -0.426 e. The quantitative estimate of drug-likeness (QED) is 0.524. The first-order valence-corrected chi connectivity index (χ1v) is 4.00. The summed E-state index contributed by atoms with van der Waals surface area (Å²) in [6.07, 6.45) is 5.13. The Labute approximate surface area is 77.0 Å². The molecular formula is C10H12O3. The third-order valence-electron chi connectivity index (χ3n) is 1.73. The van der Waals surface area contributed by atoms with E-state index in [-0.39, 0.29) is 6.42 Å². The number of aliphatic hydroxyl groups is 1. The van der Waals surface area contributed by atoms with Gasteiger partial charge in [-0.3, -0.25) is 0 Å². The Kier molecular flexibility index (Phi) is 2.68. The van der Waals surface area contributed by atoms with Crippen molar-refractivity contribution < 1.29 is 14.6 Å². The predicted octanol–water partition coefficient (Wildman–Crippen LogP) is 1.31. The Morgan fingerprint density at radius 3 is 2.77 bits per heavy atom. The number of carbonyl (C=O) groups is 1. The van der Waals surface area contributed by atoms with Gasteiger partial charge in [0.05, 0.1) is 0 Å². The van der Waals surface area contributed by atoms with Crippen molar-refractivity contribution in [1.82, 2.24) is 0 Å². The zero-order valence-electron chi connectivity index (χ0n) is 7.32. The third-order valence-corrected chi connectivity index (χ3v) is 1.73. The summed E-state index contributed by atoms with van der Waals surface area (Å²) in [7, 11) is 0. The van der Waals surface area contributed by atoms with Gasteiger partial charge in [-0.25, -0.2) is 4.79 Å². The van der Waals surface area contributed by atoms with Crippen LogP contribution in [0.25, 0.3) is 0 Å². The van der Waals surface area contributed by atoms with Crippen molar-refractivity contribution >= 4 is 5.97 Å². The van der Waals surface area contributed by atoms with E-state index in [9.17, 15) is 9.90 Å². The molecule has 1 rings (SSSR count). The molecule has 1 aliphatic rings. The molecule has 3 heteroatoms. The lowest BCUT2D eigenvalue weighted by molar-refractivity contribution is -0.177. The van der Waals surface area contributed by atoms with Crippen LogP contribution in [0.2, 0.25) is 0 Å². The van der Waals surface area contributed by atoms with Crippen molar-refractivity contribution in [2.45, 2.75) is 18.6 Å². The fourth-order valence-corrected chi connectivity index (χ4v) is 1.19. The first kappa shape index (κ1) is 9.74. The number of allylic oxidation sites excluding steroid dienone is 1. The molecule has 0 aliphatic carbocycles. The molecule has 1 N–H and O–H groups in total. The van der Waals surface area contributed by atoms with Gasteiger partial charge in [0, 0.05) is 12.0 Å². The first-order chi connectivity index (χ1) is 6.11. The van der Waals surface area contributed by atoms with E-state index in [0.717, 1.165) is 0 Å². The van der Waals surface area contributed by atoms with Gasteiger partial charge >= 0.3 is 5.97 Å². The van der Waals surface area contributed by atoms with Crippen molar-refractivity contribution in [3.8, 4) is 0 Å². The predicted molar refractivity (Wildman–Crippen MR) is 48.8 cm³/mol. The third kappa shape index (κ3) is 2.06. The van der Waals surface area contributed by atoms with Gasteiger partial charge in [-0.15, -0.1) is 13.2 Å². The molecule has 0 aromatic carbocycles. The van der Waals surface area contributed by atoms with Crippen molar-refractivity contribution in [3.05, 3.63) is 37.0 Å². The molecule has 0 spiro atoms. The molecule has 0 bridgehead atoms. The second kappa shape index (κ2) is 3.58. The molecule has 70 valence electrons. The molecule has 1 unspecified atom stereocenters. The van der Waals surface area contributed by atoms with Gasteiger partial charge in [-0.05, 0) is 12.5 Å². The van der Waals surface area contributed by atoms with Crippen LogP contribution in [0, 0.1) is 0 Å². The highest BCUT2D eigenvalue weighted by atomic mass is 16.7. The SMILES string of the molecule is C=CCC1=CC(O)(CC=C)OC1=O. The Morgan fingerprint density at radius 1 is 1.54 bits per heavy atom. The van der Waals surface area contributed by atoms with E-state index in [1.165, 1.54) is 12.2 Å². The smallest absolute Gasteiger partial charge is 0.337 e. The maximum atomic E-state index is 11.1. The molecule has 1 heterocycles. The summed E-state index contributed by atoms with van der Waals surface area (Å²) in [5.74, 6) is -1.97. The van der Waals surface area contributed by atoms with Gasteiger partial charge in [0.2, 0.25) is 5.79 Å². The molecule has 3 nitrogen and oxygen atoms in total. The molecule has 0 fully saturated rings. The standard InChI is InChI=1S/C10H12O3/c1-3-5-8-7-10(12,6-4-2)13-9(8)11/h3-4,7,12H,1-2,5-6H2. The molecule has 1 aliphatic heterocycles. The minimum absolute atomic E-state index is 0.208. The Bertz CT molecular complexity index is 278. The number of hydrogen-bond donors (Lipinski definition) is 1. The number of cyclic esters (lactones) is 1. The monoisotopic (exact) mass is 180 g/mol. The normalized spacial score (nSPS) is 26.5. The lowest BCUT2D eigenvalue weighted by Gasteiger charge is -2.16. The lowest BCUT2D eigenvalue weighted by Crippen LogP contribution is -2.26. The van der Waals surface area contributed by atoms with E-state index < -0.39 is 11.8 Å². The van der Waals surface area contributed by atoms with Crippen molar-refractivity contribution in [2.24, 2.45) is 0 Å². The van der Waals surface area contributed by atoms with E-state index in [4.69, 9.17) is 4.74 Å². The number of hydrogen-bond acceptors (Lipinski definition) is 3. The van der Waals surface area contributed by atoms with E-state index in [1.54, 1.807) is 6.08 Å². The molecule has 0 radical (unpaired) electrons. The minimum atomic E-state index is -1.49. The fourth-order valence-electron chi connectivity index (χ4n) is 1.19. The van der Waals surface area contributed by atoms with Crippen LogP contribution in [0.4, 0.5) is 0 Å². The second-order valence-electron chi connectivity index (χ2n) is 2.89. The Hall–Kier alpha value is -1.35. The molecular weight excluding hydrogens is 168 g/mol. The van der Waals surface area contributed by atoms with Crippen molar-refractivity contribution in [3.63, 3.8) is 0 Å². The van der Waals surface area contributed by atoms with Gasteiger partial charge < -0.3 is 9.84 Å². The Balaban J connectivity index is 2.80. The molecule has 0 amide bonds. The number of rotatable bonds is 4. The summed E-state index contributed by atoms with van der Waals surface area (Å²) in [6, 6.07) is 0. The zero-order valence-corrected chi connectivity index (χ0v) is 7.32. The number of ether oxygens (including phenoxy) is 1. The van der Waals surface area contributed by atoms with Crippen molar-refractivity contribution in [1.29, 1.82) is 0 Å². The summed E-state index contributed by atoms with van der Waals surface area (Å²) < 4.78 is 4.76. The van der Waals surface area contributed by atoms with Gasteiger partial charge in [0.25, 0.3) is 0 Å². The van der Waals surface area contributed by atoms with Gasteiger partial charge in [0.15, 0.2) is 0 Å². The second-order valence-corrected chi connectivity index (χ2v) is 2.89. The maximum absolute atomic E-state index is 11.1.